The van der Waals surface area contributed by atoms with Crippen molar-refractivity contribution in [1.29, 1.82) is 0 Å². The number of urea groups is 1. The van der Waals surface area contributed by atoms with Gasteiger partial charge in [0.1, 0.15) is 11.6 Å². The first-order chi connectivity index (χ1) is 14.4. The van der Waals surface area contributed by atoms with Crippen LogP contribution in [0.5, 0.6) is 5.75 Å². The highest BCUT2D eigenvalue weighted by Gasteiger charge is 2.37. The average Bonchev–Trinajstić information content (AvgIpc) is 2.66. The van der Waals surface area contributed by atoms with Gasteiger partial charge in [-0.1, -0.05) is 18.2 Å². The standard InChI is InChI=1S/C19H19F4N3O4S/c1-31(28,29)26-16-6-5-11(9-14(16)20)10-24-18(27)25-15-7-8-30-17-12(15)3-2-4-13(17)19(21,22)23/h2-6,9,15,26H,7-8,10H2,1H3,(H2,24,25,27)/t15-/m1/s1. The first kappa shape index (κ1) is 22.7. The molecule has 0 bridgehead atoms. The maximum atomic E-state index is 14.0. The Morgan fingerprint density at radius 3 is 2.61 bits per heavy atom. The van der Waals surface area contributed by atoms with Gasteiger partial charge in [-0.3, -0.25) is 4.72 Å². The monoisotopic (exact) mass is 461 g/mol. The number of sulfonamides is 1. The lowest BCUT2D eigenvalue weighted by atomic mass is 9.97. The van der Waals surface area contributed by atoms with E-state index in [1.165, 1.54) is 24.3 Å². The van der Waals surface area contributed by atoms with E-state index in [0.717, 1.165) is 18.4 Å². The van der Waals surface area contributed by atoms with Crippen molar-refractivity contribution in [2.45, 2.75) is 25.2 Å². The van der Waals surface area contributed by atoms with E-state index < -0.39 is 39.7 Å². The summed E-state index contributed by atoms with van der Waals surface area (Å²) in [4.78, 5) is 12.2. The Kier molecular flexibility index (Phi) is 6.30. The summed E-state index contributed by atoms with van der Waals surface area (Å²) in [5, 5.41) is 5.10. The molecule has 0 aromatic heterocycles. The zero-order valence-corrected chi connectivity index (χ0v) is 17.0. The van der Waals surface area contributed by atoms with E-state index in [4.69, 9.17) is 4.74 Å². The highest BCUT2D eigenvalue weighted by atomic mass is 32.2. The molecule has 0 spiro atoms. The predicted octanol–water partition coefficient (Wildman–Crippen LogP) is 3.54. The number of rotatable bonds is 5. The Bertz CT molecular complexity index is 1090. The smallest absolute Gasteiger partial charge is 0.419 e. The van der Waals surface area contributed by atoms with Crippen LogP contribution in [0.1, 0.15) is 29.2 Å². The van der Waals surface area contributed by atoms with Gasteiger partial charge in [0.15, 0.2) is 0 Å². The van der Waals surface area contributed by atoms with Crippen molar-refractivity contribution in [1.82, 2.24) is 10.6 Å². The minimum Gasteiger partial charge on any atom is -0.492 e. The molecule has 3 rings (SSSR count). The summed E-state index contributed by atoms with van der Waals surface area (Å²) in [5.74, 6) is -1.12. The van der Waals surface area contributed by atoms with E-state index in [2.05, 4.69) is 10.6 Å². The first-order valence-electron chi connectivity index (χ1n) is 9.07. The number of hydrogen-bond donors (Lipinski definition) is 3. The summed E-state index contributed by atoms with van der Waals surface area (Å²) < 4.78 is 83.2. The van der Waals surface area contributed by atoms with Gasteiger partial charge in [0.2, 0.25) is 10.0 Å². The lowest BCUT2D eigenvalue weighted by Crippen LogP contribution is -2.39. The number of fused-ring (bicyclic) bond motifs is 1. The third-order valence-corrected chi connectivity index (χ3v) is 5.06. The van der Waals surface area contributed by atoms with Crippen molar-refractivity contribution in [3.63, 3.8) is 0 Å². The van der Waals surface area contributed by atoms with Crippen LogP contribution in [-0.4, -0.2) is 27.3 Å². The van der Waals surface area contributed by atoms with Crippen LogP contribution in [0.25, 0.3) is 0 Å². The molecule has 0 radical (unpaired) electrons. The molecular weight excluding hydrogens is 442 g/mol. The molecule has 2 aromatic carbocycles. The van der Waals surface area contributed by atoms with Crippen LogP contribution < -0.4 is 20.1 Å². The maximum Gasteiger partial charge on any atom is 0.419 e. The number of carbonyl (C=O) groups excluding carboxylic acids is 1. The van der Waals surface area contributed by atoms with Gasteiger partial charge in [0, 0.05) is 18.5 Å². The number of para-hydroxylation sites is 1. The molecule has 0 saturated heterocycles. The van der Waals surface area contributed by atoms with Crippen LogP contribution in [0.15, 0.2) is 36.4 Å². The van der Waals surface area contributed by atoms with Gasteiger partial charge in [-0.15, -0.1) is 0 Å². The molecule has 1 aliphatic heterocycles. The molecule has 2 amide bonds. The Hall–Kier alpha value is -3.02. The molecule has 1 heterocycles. The van der Waals surface area contributed by atoms with Crippen LogP contribution >= 0.6 is 0 Å². The van der Waals surface area contributed by atoms with E-state index in [9.17, 15) is 30.8 Å². The molecular formula is C19H19F4N3O4S. The largest absolute Gasteiger partial charge is 0.492 e. The fourth-order valence-electron chi connectivity index (χ4n) is 3.14. The first-order valence-corrected chi connectivity index (χ1v) is 11.0. The van der Waals surface area contributed by atoms with E-state index in [1.54, 1.807) is 0 Å². The molecule has 7 nitrogen and oxygen atoms in total. The van der Waals surface area contributed by atoms with Gasteiger partial charge in [-0.05, 0) is 23.8 Å². The third kappa shape index (κ3) is 5.78. The Labute approximate surface area is 175 Å². The lowest BCUT2D eigenvalue weighted by Gasteiger charge is -2.28. The van der Waals surface area contributed by atoms with Gasteiger partial charge in [0.25, 0.3) is 0 Å². The zero-order chi connectivity index (χ0) is 22.8. The van der Waals surface area contributed by atoms with E-state index in [0.29, 0.717) is 5.56 Å². The number of alkyl halides is 3. The molecule has 1 atom stereocenters. The zero-order valence-electron chi connectivity index (χ0n) is 16.2. The number of hydrogen-bond acceptors (Lipinski definition) is 4. The lowest BCUT2D eigenvalue weighted by molar-refractivity contribution is -0.139. The van der Waals surface area contributed by atoms with Gasteiger partial charge in [0.05, 0.1) is 30.2 Å². The van der Waals surface area contributed by atoms with Gasteiger partial charge >= 0.3 is 12.2 Å². The number of halogens is 4. The molecule has 168 valence electrons. The van der Waals surface area contributed by atoms with Gasteiger partial charge in [-0.25, -0.2) is 17.6 Å². The second-order valence-electron chi connectivity index (χ2n) is 6.93. The molecule has 3 N–H and O–H groups in total. The van der Waals surface area contributed by atoms with Crippen molar-refractivity contribution < 1.29 is 35.5 Å². The van der Waals surface area contributed by atoms with E-state index in [-0.39, 0.29) is 36.6 Å². The number of nitrogens with one attached hydrogen (secondary N) is 3. The number of amides is 2. The van der Waals surface area contributed by atoms with Gasteiger partial charge < -0.3 is 15.4 Å². The molecule has 2 aromatic rings. The maximum absolute atomic E-state index is 14.0. The fourth-order valence-corrected chi connectivity index (χ4v) is 3.71. The quantitative estimate of drug-likeness (QED) is 0.594. The predicted molar refractivity (Wildman–Crippen MR) is 105 cm³/mol. The number of carbonyl (C=O) groups is 1. The fraction of sp³-hybridized carbons (Fsp3) is 0.316. The number of benzene rings is 2. The Balaban J connectivity index is 1.65. The van der Waals surface area contributed by atoms with Gasteiger partial charge in [-0.2, -0.15) is 13.2 Å². The van der Waals surface area contributed by atoms with Crippen LogP contribution in [0.4, 0.5) is 28.0 Å². The summed E-state index contributed by atoms with van der Waals surface area (Å²) in [6.07, 6.45) is -3.42. The summed E-state index contributed by atoms with van der Waals surface area (Å²) in [5.41, 5.74) is -0.554. The summed E-state index contributed by atoms with van der Waals surface area (Å²) in [7, 11) is -3.64. The highest BCUT2D eigenvalue weighted by molar-refractivity contribution is 7.92. The van der Waals surface area contributed by atoms with Crippen molar-refractivity contribution in [2.75, 3.05) is 17.6 Å². The number of anilines is 1. The molecule has 0 unspecified atom stereocenters. The SMILES string of the molecule is CS(=O)(=O)Nc1ccc(CNC(=O)N[C@@H]2CCOc3c2cccc3C(F)(F)F)cc1F. The number of ether oxygens (including phenoxy) is 1. The van der Waals surface area contributed by atoms with Crippen LogP contribution in [0.3, 0.4) is 0 Å². The Morgan fingerprint density at radius 1 is 1.23 bits per heavy atom. The van der Waals surface area contributed by atoms with Crippen LogP contribution in [0, 0.1) is 5.82 Å². The summed E-state index contributed by atoms with van der Waals surface area (Å²) in [6, 6.07) is 5.98. The summed E-state index contributed by atoms with van der Waals surface area (Å²) >= 11 is 0. The molecule has 0 saturated carbocycles. The van der Waals surface area contributed by atoms with E-state index in [1.807, 2.05) is 4.72 Å². The van der Waals surface area contributed by atoms with E-state index >= 15 is 0 Å². The highest BCUT2D eigenvalue weighted by Crippen LogP contribution is 2.42. The normalized spacial score (nSPS) is 16.1. The molecule has 12 heteroatoms. The Morgan fingerprint density at radius 2 is 1.97 bits per heavy atom. The van der Waals surface area contributed by atoms with Crippen molar-refractivity contribution in [2.24, 2.45) is 0 Å². The molecule has 0 aliphatic carbocycles. The molecule has 1 aliphatic rings. The average molecular weight is 461 g/mol. The third-order valence-electron chi connectivity index (χ3n) is 4.47. The molecule has 31 heavy (non-hydrogen) atoms. The minimum atomic E-state index is -4.59. The summed E-state index contributed by atoms with van der Waals surface area (Å²) in [6.45, 7) is -0.0778. The second kappa shape index (κ2) is 8.61. The molecule has 0 fully saturated rings. The van der Waals surface area contributed by atoms with Crippen molar-refractivity contribution in [3.8, 4) is 5.75 Å². The van der Waals surface area contributed by atoms with Crippen molar-refractivity contribution in [3.05, 3.63) is 58.9 Å². The second-order valence-corrected chi connectivity index (χ2v) is 8.68. The topological polar surface area (TPSA) is 96.5 Å². The van der Waals surface area contributed by atoms with Crippen molar-refractivity contribution >= 4 is 21.7 Å². The minimum absolute atomic E-state index is 0.00501. The van der Waals surface area contributed by atoms with Crippen LogP contribution in [0.2, 0.25) is 0 Å². The van der Waals surface area contributed by atoms with Crippen LogP contribution in [-0.2, 0) is 22.7 Å².